The number of amides is 4. The van der Waals surface area contributed by atoms with Gasteiger partial charge in [0.1, 0.15) is 5.75 Å². The van der Waals surface area contributed by atoms with Crippen molar-refractivity contribution in [1.82, 2.24) is 10.7 Å². The minimum absolute atomic E-state index is 0.136. The van der Waals surface area contributed by atoms with Crippen molar-refractivity contribution in [3.8, 4) is 5.75 Å². The van der Waals surface area contributed by atoms with E-state index in [1.54, 1.807) is 17.4 Å². The average Bonchev–Trinajstić information content (AvgIpc) is 2.20. The molecule has 84 valence electrons. The summed E-state index contributed by atoms with van der Waals surface area (Å²) in [5.41, 5.74) is 7.41. The highest BCUT2D eigenvalue weighted by Gasteiger charge is 1.99. The molecule has 1 aromatic carbocycles. The predicted octanol–water partition coefficient (Wildman–Crippen LogP) is 0.104. The fraction of sp³-hybridized carbons (Fsp3) is 0. The Bertz CT molecular complexity index is 413. The number of primary amides is 1. The number of urea groups is 2. The van der Waals surface area contributed by atoms with Crippen LogP contribution in [0.2, 0.25) is 0 Å². The third-order valence-electron chi connectivity index (χ3n) is 1.51. The van der Waals surface area contributed by atoms with Gasteiger partial charge in [-0.25, -0.2) is 15.0 Å². The number of benzene rings is 1. The van der Waals surface area contributed by atoms with E-state index in [0.29, 0.717) is 5.56 Å². The van der Waals surface area contributed by atoms with Gasteiger partial charge in [0, 0.05) is 0 Å². The molecule has 0 aliphatic carbocycles. The second kappa shape index (κ2) is 5.35. The lowest BCUT2D eigenvalue weighted by atomic mass is 10.2. The third kappa shape index (κ3) is 4.09. The maximum atomic E-state index is 10.8. The summed E-state index contributed by atoms with van der Waals surface area (Å²) in [5, 5.41) is 14.3. The quantitative estimate of drug-likeness (QED) is 0.420. The van der Waals surface area contributed by atoms with E-state index in [1.165, 1.54) is 18.3 Å². The number of nitrogens with two attached hydrogens (primary N) is 1. The van der Waals surface area contributed by atoms with Crippen LogP contribution in [0.3, 0.4) is 0 Å². The van der Waals surface area contributed by atoms with Crippen molar-refractivity contribution in [1.29, 1.82) is 0 Å². The molecule has 1 rings (SSSR count). The summed E-state index contributed by atoms with van der Waals surface area (Å²) in [7, 11) is 0. The Kier molecular flexibility index (Phi) is 3.84. The van der Waals surface area contributed by atoms with Crippen LogP contribution in [0.5, 0.6) is 5.75 Å². The normalized spacial score (nSPS) is 10.0. The zero-order chi connectivity index (χ0) is 12.0. The molecule has 0 bridgehead atoms. The van der Waals surface area contributed by atoms with Gasteiger partial charge in [0.25, 0.3) is 0 Å². The van der Waals surface area contributed by atoms with Crippen LogP contribution in [0.25, 0.3) is 0 Å². The number of carbonyl (C=O) groups excluding carboxylic acids is 2. The molecule has 0 aromatic heterocycles. The van der Waals surface area contributed by atoms with Gasteiger partial charge >= 0.3 is 12.1 Å². The molecule has 0 heterocycles. The molecular weight excluding hydrogens is 212 g/mol. The van der Waals surface area contributed by atoms with E-state index in [2.05, 4.69) is 5.10 Å². The van der Waals surface area contributed by atoms with Crippen molar-refractivity contribution in [3.05, 3.63) is 29.8 Å². The number of phenols is 1. The number of aromatic hydroxyl groups is 1. The summed E-state index contributed by atoms with van der Waals surface area (Å²) < 4.78 is 0. The number of carbonyl (C=O) groups is 2. The van der Waals surface area contributed by atoms with Crippen LogP contribution < -0.4 is 16.5 Å². The zero-order valence-corrected chi connectivity index (χ0v) is 8.18. The van der Waals surface area contributed by atoms with Crippen LogP contribution in [0.1, 0.15) is 5.56 Å². The van der Waals surface area contributed by atoms with Crippen molar-refractivity contribution in [2.24, 2.45) is 10.8 Å². The molecule has 0 aliphatic heterocycles. The third-order valence-corrected chi connectivity index (χ3v) is 1.51. The highest BCUT2D eigenvalue weighted by Crippen LogP contribution is 2.07. The lowest BCUT2D eigenvalue weighted by Gasteiger charge is -1.98. The van der Waals surface area contributed by atoms with Gasteiger partial charge in [-0.3, -0.25) is 5.32 Å². The predicted molar refractivity (Wildman–Crippen MR) is 57.0 cm³/mol. The molecule has 0 spiro atoms. The lowest BCUT2D eigenvalue weighted by Crippen LogP contribution is -2.40. The smallest absolute Gasteiger partial charge is 0.343 e. The van der Waals surface area contributed by atoms with Gasteiger partial charge < -0.3 is 10.8 Å². The second-order valence-corrected chi connectivity index (χ2v) is 2.78. The molecule has 0 atom stereocenters. The fourth-order valence-electron chi connectivity index (χ4n) is 0.866. The van der Waals surface area contributed by atoms with Gasteiger partial charge in [-0.05, 0) is 29.8 Å². The van der Waals surface area contributed by atoms with Gasteiger partial charge in [-0.15, -0.1) is 0 Å². The van der Waals surface area contributed by atoms with Gasteiger partial charge in [-0.2, -0.15) is 5.10 Å². The maximum Gasteiger partial charge on any atom is 0.343 e. The number of nitrogens with zero attached hydrogens (tertiary/aromatic N) is 1. The molecule has 4 amide bonds. The van der Waals surface area contributed by atoms with Gasteiger partial charge in [0.15, 0.2) is 0 Å². The van der Waals surface area contributed by atoms with Crippen LogP contribution in [0, 0.1) is 0 Å². The number of rotatable bonds is 2. The number of hydrogen-bond acceptors (Lipinski definition) is 4. The monoisotopic (exact) mass is 222 g/mol. The number of imide groups is 1. The first-order chi connectivity index (χ1) is 7.58. The largest absolute Gasteiger partial charge is 0.508 e. The van der Waals surface area contributed by atoms with Crippen LogP contribution in [-0.4, -0.2) is 23.4 Å². The number of hydrazone groups is 1. The Morgan fingerprint density at radius 1 is 1.31 bits per heavy atom. The topological polar surface area (TPSA) is 117 Å². The van der Waals surface area contributed by atoms with E-state index in [1.807, 2.05) is 5.43 Å². The van der Waals surface area contributed by atoms with Crippen LogP contribution >= 0.6 is 0 Å². The fourth-order valence-corrected chi connectivity index (χ4v) is 0.866. The van der Waals surface area contributed by atoms with Crippen molar-refractivity contribution >= 4 is 18.3 Å². The number of nitrogens with one attached hydrogen (secondary N) is 2. The summed E-state index contributed by atoms with van der Waals surface area (Å²) in [6, 6.07) is 4.38. The molecule has 5 N–H and O–H groups in total. The highest BCUT2D eigenvalue weighted by molar-refractivity contribution is 5.93. The molecule has 7 heteroatoms. The zero-order valence-electron chi connectivity index (χ0n) is 8.18. The van der Waals surface area contributed by atoms with E-state index in [4.69, 9.17) is 10.8 Å². The van der Waals surface area contributed by atoms with E-state index in [9.17, 15) is 9.59 Å². The van der Waals surface area contributed by atoms with Crippen molar-refractivity contribution in [2.45, 2.75) is 0 Å². The minimum atomic E-state index is -0.961. The Labute approximate surface area is 90.9 Å². The van der Waals surface area contributed by atoms with Gasteiger partial charge in [0.2, 0.25) is 0 Å². The van der Waals surface area contributed by atoms with E-state index < -0.39 is 12.1 Å². The molecule has 0 unspecified atom stereocenters. The summed E-state index contributed by atoms with van der Waals surface area (Å²) in [4.78, 5) is 21.1. The Morgan fingerprint density at radius 3 is 2.50 bits per heavy atom. The van der Waals surface area contributed by atoms with E-state index in [-0.39, 0.29) is 5.75 Å². The lowest BCUT2D eigenvalue weighted by molar-refractivity contribution is 0.232. The molecule has 1 aromatic rings. The van der Waals surface area contributed by atoms with E-state index in [0.717, 1.165) is 0 Å². The van der Waals surface area contributed by atoms with Crippen molar-refractivity contribution < 1.29 is 14.7 Å². The average molecular weight is 222 g/mol. The molecule has 0 radical (unpaired) electrons. The first kappa shape index (κ1) is 11.5. The van der Waals surface area contributed by atoms with E-state index >= 15 is 0 Å². The molecule has 0 saturated heterocycles. The molecule has 0 saturated carbocycles. The summed E-state index contributed by atoms with van der Waals surface area (Å²) in [6.45, 7) is 0. The summed E-state index contributed by atoms with van der Waals surface area (Å²) in [6.07, 6.45) is 1.35. The standard InChI is InChI=1S/C9H10N4O3/c10-8(15)12-9(16)13-11-5-6-1-3-7(14)4-2-6/h1-5,14H,(H4,10,12,13,15,16)/b11-5-. The first-order valence-corrected chi connectivity index (χ1v) is 4.26. The van der Waals surface area contributed by atoms with Gasteiger partial charge in [0.05, 0.1) is 6.21 Å². The Hall–Kier alpha value is -2.57. The first-order valence-electron chi connectivity index (χ1n) is 4.26. The van der Waals surface area contributed by atoms with Crippen LogP contribution in [-0.2, 0) is 0 Å². The SMILES string of the molecule is NC(=O)NC(=O)N/N=C\c1ccc(O)cc1. The molecule has 0 aliphatic rings. The Balaban J connectivity index is 2.45. The summed E-state index contributed by atoms with van der Waals surface area (Å²) >= 11 is 0. The molecule has 0 fully saturated rings. The highest BCUT2D eigenvalue weighted by atomic mass is 16.3. The van der Waals surface area contributed by atoms with Crippen LogP contribution in [0.4, 0.5) is 9.59 Å². The Morgan fingerprint density at radius 2 is 1.94 bits per heavy atom. The second-order valence-electron chi connectivity index (χ2n) is 2.78. The number of phenolic OH excluding ortho intramolecular Hbond substituents is 1. The maximum absolute atomic E-state index is 10.8. The minimum Gasteiger partial charge on any atom is -0.508 e. The molecule has 7 nitrogen and oxygen atoms in total. The molecular formula is C9H10N4O3. The van der Waals surface area contributed by atoms with Crippen molar-refractivity contribution in [2.75, 3.05) is 0 Å². The van der Waals surface area contributed by atoms with Gasteiger partial charge in [-0.1, -0.05) is 0 Å². The van der Waals surface area contributed by atoms with Crippen LogP contribution in [0.15, 0.2) is 29.4 Å². The molecule has 16 heavy (non-hydrogen) atoms. The number of hydrogen-bond donors (Lipinski definition) is 4. The summed E-state index contributed by atoms with van der Waals surface area (Å²) in [5.74, 6) is 0.136. The van der Waals surface area contributed by atoms with Crippen molar-refractivity contribution in [3.63, 3.8) is 0 Å².